The Kier molecular flexibility index (Phi) is 9.69. The largest absolute Gasteiger partial charge is 0.382 e. The van der Waals surface area contributed by atoms with Crippen molar-refractivity contribution in [3.63, 3.8) is 0 Å². The van der Waals surface area contributed by atoms with Crippen molar-refractivity contribution in [3.05, 3.63) is 24.8 Å². The molecule has 1 aromatic rings. The van der Waals surface area contributed by atoms with E-state index in [9.17, 15) is 0 Å². The van der Waals surface area contributed by atoms with Gasteiger partial charge in [0.15, 0.2) is 5.96 Å². The van der Waals surface area contributed by atoms with Gasteiger partial charge in [-0.25, -0.2) is 0 Å². The number of hydrogen-bond acceptors (Lipinski definition) is 4. The van der Waals surface area contributed by atoms with Gasteiger partial charge in [-0.05, 0) is 13.3 Å². The summed E-state index contributed by atoms with van der Waals surface area (Å²) in [6, 6.07) is 0. The molecule has 1 aromatic heterocycles. The molecule has 0 aromatic carbocycles. The molecule has 124 valence electrons. The third-order valence-corrected chi connectivity index (χ3v) is 2.99. The third kappa shape index (κ3) is 7.21. The first-order valence-corrected chi connectivity index (χ1v) is 7.89. The van der Waals surface area contributed by atoms with Crippen molar-refractivity contribution in [1.82, 2.24) is 25.4 Å². The average molecular weight is 308 g/mol. The van der Waals surface area contributed by atoms with Gasteiger partial charge >= 0.3 is 0 Å². The Morgan fingerprint density at radius 1 is 1.45 bits per heavy atom. The fourth-order valence-electron chi connectivity index (χ4n) is 1.88. The van der Waals surface area contributed by atoms with E-state index in [1.54, 1.807) is 6.33 Å². The summed E-state index contributed by atoms with van der Waals surface area (Å²) in [7, 11) is 0. The second-order valence-electron chi connectivity index (χ2n) is 4.67. The Morgan fingerprint density at radius 3 is 3.05 bits per heavy atom. The molecule has 7 nitrogen and oxygen atoms in total. The maximum absolute atomic E-state index is 5.31. The van der Waals surface area contributed by atoms with Crippen LogP contribution in [0.4, 0.5) is 0 Å². The molecule has 0 amide bonds. The van der Waals surface area contributed by atoms with E-state index in [0.29, 0.717) is 6.54 Å². The minimum Gasteiger partial charge on any atom is -0.382 e. The first kappa shape index (κ1) is 18.2. The molecular weight excluding hydrogens is 280 g/mol. The van der Waals surface area contributed by atoms with Gasteiger partial charge in [0.05, 0.1) is 0 Å². The predicted octanol–water partition coefficient (Wildman–Crippen LogP) is 0.988. The van der Waals surface area contributed by atoms with E-state index < -0.39 is 0 Å². The van der Waals surface area contributed by atoms with E-state index in [2.05, 4.69) is 39.3 Å². The lowest BCUT2D eigenvalue weighted by Gasteiger charge is -2.12. The molecule has 0 spiro atoms. The van der Waals surface area contributed by atoms with Crippen LogP contribution in [-0.2, 0) is 17.7 Å². The summed E-state index contributed by atoms with van der Waals surface area (Å²) in [5, 5.41) is 14.5. The lowest BCUT2D eigenvalue weighted by atomic mass is 10.4. The van der Waals surface area contributed by atoms with Crippen molar-refractivity contribution < 1.29 is 4.74 Å². The van der Waals surface area contributed by atoms with Gasteiger partial charge in [-0.2, -0.15) is 0 Å². The molecule has 7 heteroatoms. The van der Waals surface area contributed by atoms with Crippen LogP contribution < -0.4 is 10.6 Å². The molecule has 0 saturated heterocycles. The molecule has 0 fully saturated rings. The van der Waals surface area contributed by atoms with Crippen molar-refractivity contribution in [2.75, 3.05) is 32.8 Å². The van der Waals surface area contributed by atoms with Crippen LogP contribution >= 0.6 is 0 Å². The van der Waals surface area contributed by atoms with Gasteiger partial charge in [0, 0.05) is 45.8 Å². The quantitative estimate of drug-likeness (QED) is 0.276. The maximum Gasteiger partial charge on any atom is 0.191 e. The van der Waals surface area contributed by atoms with E-state index in [0.717, 1.165) is 57.5 Å². The van der Waals surface area contributed by atoms with Crippen molar-refractivity contribution in [3.8, 4) is 0 Å². The normalized spacial score (nSPS) is 11.5. The highest BCUT2D eigenvalue weighted by Crippen LogP contribution is 1.94. The number of nitrogens with one attached hydrogen (secondary N) is 2. The lowest BCUT2D eigenvalue weighted by molar-refractivity contribution is 0.146. The van der Waals surface area contributed by atoms with Crippen LogP contribution in [0.2, 0.25) is 0 Å². The highest BCUT2D eigenvalue weighted by molar-refractivity contribution is 5.79. The Morgan fingerprint density at radius 2 is 2.32 bits per heavy atom. The zero-order valence-corrected chi connectivity index (χ0v) is 13.7. The molecule has 2 N–H and O–H groups in total. The standard InChI is InChI=1S/C15H28N6O/c1-4-8-16-15(17-9-7-12-22-6-3)18-10-11-21-13-19-20-14(21)5-2/h4,13H,1,5-12H2,2-3H3,(H2,16,17,18). The van der Waals surface area contributed by atoms with E-state index >= 15 is 0 Å². The smallest absolute Gasteiger partial charge is 0.191 e. The Bertz CT molecular complexity index is 443. The van der Waals surface area contributed by atoms with Crippen molar-refractivity contribution >= 4 is 5.96 Å². The highest BCUT2D eigenvalue weighted by Gasteiger charge is 2.02. The Labute approximate surface area is 132 Å². The van der Waals surface area contributed by atoms with Gasteiger partial charge in [-0.3, -0.25) is 4.99 Å². The summed E-state index contributed by atoms with van der Waals surface area (Å²) in [6.07, 6.45) is 5.37. The van der Waals surface area contributed by atoms with E-state index in [1.165, 1.54) is 0 Å². The summed E-state index contributed by atoms with van der Waals surface area (Å²) in [5.74, 6) is 1.79. The second kappa shape index (κ2) is 11.7. The number of rotatable bonds is 11. The van der Waals surface area contributed by atoms with Gasteiger partial charge in [-0.1, -0.05) is 13.0 Å². The molecule has 0 aliphatic rings. The van der Waals surface area contributed by atoms with Crippen LogP contribution in [0.15, 0.2) is 24.0 Å². The average Bonchev–Trinajstić information content (AvgIpc) is 2.99. The van der Waals surface area contributed by atoms with Crippen LogP contribution in [-0.4, -0.2) is 53.6 Å². The molecule has 22 heavy (non-hydrogen) atoms. The summed E-state index contributed by atoms with van der Waals surface area (Å²) in [5.41, 5.74) is 0. The summed E-state index contributed by atoms with van der Waals surface area (Å²) < 4.78 is 7.36. The lowest BCUT2D eigenvalue weighted by Crippen LogP contribution is -2.39. The van der Waals surface area contributed by atoms with E-state index in [-0.39, 0.29) is 0 Å². The molecule has 0 radical (unpaired) electrons. The van der Waals surface area contributed by atoms with Crippen LogP contribution in [0.1, 0.15) is 26.1 Å². The Hall–Kier alpha value is -1.89. The van der Waals surface area contributed by atoms with Gasteiger partial charge < -0.3 is 19.9 Å². The van der Waals surface area contributed by atoms with Crippen LogP contribution in [0, 0.1) is 0 Å². The molecule has 1 rings (SSSR count). The molecule has 0 bridgehead atoms. The van der Waals surface area contributed by atoms with Crippen LogP contribution in [0.5, 0.6) is 0 Å². The topological polar surface area (TPSA) is 76.4 Å². The van der Waals surface area contributed by atoms with Crippen LogP contribution in [0.25, 0.3) is 0 Å². The number of aromatic nitrogens is 3. The predicted molar refractivity (Wildman–Crippen MR) is 89.0 cm³/mol. The number of aryl methyl sites for hydroxylation is 1. The summed E-state index contributed by atoms with van der Waals surface area (Å²) in [6.45, 7) is 12.3. The fraction of sp³-hybridized carbons (Fsp3) is 0.667. The molecule has 0 aliphatic carbocycles. The first-order chi connectivity index (χ1) is 10.8. The monoisotopic (exact) mass is 308 g/mol. The second-order valence-corrected chi connectivity index (χ2v) is 4.67. The highest BCUT2D eigenvalue weighted by atomic mass is 16.5. The first-order valence-electron chi connectivity index (χ1n) is 7.89. The van der Waals surface area contributed by atoms with Crippen LogP contribution in [0.3, 0.4) is 0 Å². The van der Waals surface area contributed by atoms with Gasteiger partial charge in [-0.15, -0.1) is 16.8 Å². The van der Waals surface area contributed by atoms with E-state index in [1.807, 2.05) is 17.6 Å². The number of hydrogen-bond donors (Lipinski definition) is 2. The minimum atomic E-state index is 0.685. The van der Waals surface area contributed by atoms with Gasteiger partial charge in [0.2, 0.25) is 0 Å². The number of aliphatic imine (C=N–C) groups is 1. The molecule has 0 aliphatic heterocycles. The number of nitrogens with zero attached hydrogens (tertiary/aromatic N) is 4. The fourth-order valence-corrected chi connectivity index (χ4v) is 1.88. The number of ether oxygens (including phenoxy) is 1. The Balaban J connectivity index is 2.36. The van der Waals surface area contributed by atoms with Crippen molar-refractivity contribution in [1.29, 1.82) is 0 Å². The van der Waals surface area contributed by atoms with Gasteiger partial charge in [0.1, 0.15) is 12.2 Å². The third-order valence-electron chi connectivity index (χ3n) is 2.99. The molecule has 0 atom stereocenters. The maximum atomic E-state index is 5.31. The zero-order valence-electron chi connectivity index (χ0n) is 13.7. The molecule has 1 heterocycles. The SMILES string of the molecule is C=CCNC(=NCCCOCC)NCCn1cnnc1CC. The summed E-state index contributed by atoms with van der Waals surface area (Å²) in [4.78, 5) is 4.52. The van der Waals surface area contributed by atoms with E-state index in [4.69, 9.17) is 4.74 Å². The summed E-state index contributed by atoms with van der Waals surface area (Å²) >= 11 is 0. The molecule has 0 saturated carbocycles. The minimum absolute atomic E-state index is 0.685. The van der Waals surface area contributed by atoms with Crippen molar-refractivity contribution in [2.45, 2.75) is 33.2 Å². The molecular formula is C15H28N6O. The zero-order chi connectivity index (χ0) is 16.0. The van der Waals surface area contributed by atoms with Gasteiger partial charge in [0.25, 0.3) is 0 Å². The molecule has 0 unspecified atom stereocenters. The number of guanidine groups is 1. The van der Waals surface area contributed by atoms with Crippen molar-refractivity contribution in [2.24, 2.45) is 4.99 Å².